The van der Waals surface area contributed by atoms with Crippen LogP contribution in [0.1, 0.15) is 38.2 Å². The molecule has 1 aliphatic carbocycles. The monoisotopic (exact) mass is 232 g/mol. The molecule has 0 aliphatic heterocycles. The number of rotatable bonds is 3. The van der Waals surface area contributed by atoms with Crippen molar-refractivity contribution in [2.24, 2.45) is 10.8 Å². The summed E-state index contributed by atoms with van der Waals surface area (Å²) in [6.45, 7) is 4.37. The number of nitrogens with zero attached hydrogens (tertiary/aromatic N) is 1. The summed E-state index contributed by atoms with van der Waals surface area (Å²) in [5.41, 5.74) is 4.93. The molecule has 92 valence electrons. The van der Waals surface area contributed by atoms with Crippen molar-refractivity contribution < 1.29 is 0 Å². The SMILES string of the molecule is CC(C)c1ccc(NC(=NC2CC2)NN)cc1. The van der Waals surface area contributed by atoms with E-state index in [4.69, 9.17) is 5.84 Å². The Balaban J connectivity index is 2.01. The minimum Gasteiger partial charge on any atom is -0.325 e. The molecule has 1 fully saturated rings. The highest BCUT2D eigenvalue weighted by Gasteiger charge is 2.20. The maximum Gasteiger partial charge on any atom is 0.210 e. The molecule has 1 aromatic carbocycles. The lowest BCUT2D eigenvalue weighted by Crippen LogP contribution is -2.36. The van der Waals surface area contributed by atoms with Crippen molar-refractivity contribution in [1.82, 2.24) is 5.43 Å². The summed E-state index contributed by atoms with van der Waals surface area (Å²) >= 11 is 0. The number of hydrogen-bond donors (Lipinski definition) is 3. The first-order chi connectivity index (χ1) is 8.19. The standard InChI is InChI=1S/C13H20N4/c1-9(2)10-3-5-11(6-4-10)15-13(17-14)16-12-7-8-12/h3-6,9,12H,7-8,14H2,1-2H3,(H2,15,16,17). The van der Waals surface area contributed by atoms with Crippen LogP contribution in [-0.4, -0.2) is 12.0 Å². The fraction of sp³-hybridized carbons (Fsp3) is 0.462. The van der Waals surface area contributed by atoms with Gasteiger partial charge in [0.2, 0.25) is 5.96 Å². The van der Waals surface area contributed by atoms with E-state index in [2.05, 4.69) is 53.8 Å². The molecule has 0 saturated heterocycles. The van der Waals surface area contributed by atoms with Crippen molar-refractivity contribution in [3.63, 3.8) is 0 Å². The number of aliphatic imine (C=N–C) groups is 1. The second-order valence-electron chi connectivity index (χ2n) is 4.75. The van der Waals surface area contributed by atoms with E-state index in [0.717, 1.165) is 5.69 Å². The van der Waals surface area contributed by atoms with Crippen LogP contribution in [0.5, 0.6) is 0 Å². The summed E-state index contributed by atoms with van der Waals surface area (Å²) in [7, 11) is 0. The Morgan fingerprint density at radius 2 is 1.94 bits per heavy atom. The highest BCUT2D eigenvalue weighted by molar-refractivity contribution is 5.93. The van der Waals surface area contributed by atoms with E-state index in [-0.39, 0.29) is 0 Å². The van der Waals surface area contributed by atoms with Gasteiger partial charge < -0.3 is 5.32 Å². The van der Waals surface area contributed by atoms with Crippen molar-refractivity contribution in [3.8, 4) is 0 Å². The highest BCUT2D eigenvalue weighted by atomic mass is 15.3. The summed E-state index contributed by atoms with van der Waals surface area (Å²) in [5, 5.41) is 3.18. The summed E-state index contributed by atoms with van der Waals surface area (Å²) in [4.78, 5) is 4.43. The average Bonchev–Trinajstić information content (AvgIpc) is 3.13. The second kappa shape index (κ2) is 5.19. The molecule has 4 heteroatoms. The number of benzene rings is 1. The fourth-order valence-corrected chi connectivity index (χ4v) is 1.58. The largest absolute Gasteiger partial charge is 0.325 e. The lowest BCUT2D eigenvalue weighted by Gasteiger charge is -2.10. The zero-order valence-corrected chi connectivity index (χ0v) is 10.4. The molecule has 0 unspecified atom stereocenters. The summed E-state index contributed by atoms with van der Waals surface area (Å²) in [5.74, 6) is 6.63. The number of nitrogens with two attached hydrogens (primary N) is 1. The second-order valence-corrected chi connectivity index (χ2v) is 4.75. The zero-order chi connectivity index (χ0) is 12.3. The quantitative estimate of drug-likeness (QED) is 0.324. The third-order valence-corrected chi connectivity index (χ3v) is 2.84. The lowest BCUT2D eigenvalue weighted by atomic mass is 10.0. The molecule has 1 saturated carbocycles. The molecular weight excluding hydrogens is 212 g/mol. The molecule has 4 nitrogen and oxygen atoms in total. The number of hydrazine groups is 1. The van der Waals surface area contributed by atoms with Crippen LogP contribution in [0, 0.1) is 0 Å². The molecule has 0 heterocycles. The van der Waals surface area contributed by atoms with Crippen LogP contribution >= 0.6 is 0 Å². The van der Waals surface area contributed by atoms with Crippen LogP contribution in [0.3, 0.4) is 0 Å². The normalized spacial score (nSPS) is 16.1. The molecule has 0 spiro atoms. The average molecular weight is 232 g/mol. The molecule has 0 atom stereocenters. The number of hydrogen-bond acceptors (Lipinski definition) is 2. The molecule has 0 bridgehead atoms. The Kier molecular flexibility index (Phi) is 3.64. The van der Waals surface area contributed by atoms with Gasteiger partial charge in [0.05, 0.1) is 6.04 Å². The van der Waals surface area contributed by atoms with E-state index >= 15 is 0 Å². The van der Waals surface area contributed by atoms with Gasteiger partial charge in [0.25, 0.3) is 0 Å². The number of guanidine groups is 1. The molecule has 0 amide bonds. The van der Waals surface area contributed by atoms with E-state index in [0.29, 0.717) is 17.9 Å². The highest BCUT2D eigenvalue weighted by Crippen LogP contribution is 2.23. The Morgan fingerprint density at radius 1 is 1.29 bits per heavy atom. The van der Waals surface area contributed by atoms with Gasteiger partial charge in [0, 0.05) is 5.69 Å². The minimum absolute atomic E-state index is 0.448. The van der Waals surface area contributed by atoms with E-state index < -0.39 is 0 Å². The topological polar surface area (TPSA) is 62.4 Å². The van der Waals surface area contributed by atoms with Crippen LogP contribution in [0.15, 0.2) is 29.3 Å². The number of nitrogens with one attached hydrogen (secondary N) is 2. The van der Waals surface area contributed by atoms with Gasteiger partial charge in [-0.15, -0.1) is 0 Å². The number of anilines is 1. The first-order valence-corrected chi connectivity index (χ1v) is 6.10. The zero-order valence-electron chi connectivity index (χ0n) is 10.4. The van der Waals surface area contributed by atoms with Gasteiger partial charge in [-0.25, -0.2) is 10.8 Å². The fourth-order valence-electron chi connectivity index (χ4n) is 1.58. The van der Waals surface area contributed by atoms with E-state index in [9.17, 15) is 0 Å². The Morgan fingerprint density at radius 3 is 2.41 bits per heavy atom. The molecule has 1 aliphatic rings. The maximum atomic E-state index is 5.43. The summed E-state index contributed by atoms with van der Waals surface area (Å²) < 4.78 is 0. The first kappa shape index (κ1) is 11.9. The van der Waals surface area contributed by atoms with Crippen molar-refractivity contribution in [2.45, 2.75) is 38.6 Å². The Labute approximate surface area is 102 Å². The van der Waals surface area contributed by atoms with Crippen LogP contribution < -0.4 is 16.6 Å². The van der Waals surface area contributed by atoms with Crippen LogP contribution in [0.2, 0.25) is 0 Å². The Hall–Kier alpha value is -1.55. The van der Waals surface area contributed by atoms with Gasteiger partial charge in [-0.3, -0.25) is 5.43 Å². The summed E-state index contributed by atoms with van der Waals surface area (Å²) in [6, 6.07) is 8.80. The van der Waals surface area contributed by atoms with Crippen LogP contribution in [0.4, 0.5) is 5.69 Å². The molecule has 4 N–H and O–H groups in total. The van der Waals surface area contributed by atoms with E-state index in [1.165, 1.54) is 18.4 Å². The predicted molar refractivity (Wildman–Crippen MR) is 71.9 cm³/mol. The van der Waals surface area contributed by atoms with Crippen molar-refractivity contribution in [1.29, 1.82) is 0 Å². The molecule has 17 heavy (non-hydrogen) atoms. The van der Waals surface area contributed by atoms with Crippen molar-refractivity contribution >= 4 is 11.6 Å². The van der Waals surface area contributed by atoms with Crippen LogP contribution in [0.25, 0.3) is 0 Å². The molecular formula is C13H20N4. The lowest BCUT2D eigenvalue weighted by molar-refractivity contribution is 0.867. The molecule has 2 rings (SSSR count). The van der Waals surface area contributed by atoms with Gasteiger partial charge in [-0.1, -0.05) is 26.0 Å². The molecule has 1 aromatic rings. The third-order valence-electron chi connectivity index (χ3n) is 2.84. The van der Waals surface area contributed by atoms with E-state index in [1.54, 1.807) is 0 Å². The van der Waals surface area contributed by atoms with Gasteiger partial charge in [-0.05, 0) is 36.5 Å². The van der Waals surface area contributed by atoms with Gasteiger partial charge in [-0.2, -0.15) is 0 Å². The van der Waals surface area contributed by atoms with Crippen molar-refractivity contribution in [3.05, 3.63) is 29.8 Å². The van der Waals surface area contributed by atoms with Crippen molar-refractivity contribution in [2.75, 3.05) is 5.32 Å². The smallest absolute Gasteiger partial charge is 0.210 e. The first-order valence-electron chi connectivity index (χ1n) is 6.10. The van der Waals surface area contributed by atoms with Gasteiger partial charge in [0.1, 0.15) is 0 Å². The Bertz CT molecular complexity index is 390. The van der Waals surface area contributed by atoms with E-state index in [1.807, 2.05) is 0 Å². The molecule has 0 radical (unpaired) electrons. The minimum atomic E-state index is 0.448. The van der Waals surface area contributed by atoms with Gasteiger partial charge in [0.15, 0.2) is 0 Å². The third kappa shape index (κ3) is 3.46. The molecule has 0 aromatic heterocycles. The predicted octanol–water partition coefficient (Wildman–Crippen LogP) is 2.20. The van der Waals surface area contributed by atoms with Gasteiger partial charge >= 0.3 is 0 Å². The van der Waals surface area contributed by atoms with Crippen LogP contribution in [-0.2, 0) is 0 Å². The maximum absolute atomic E-state index is 5.43. The summed E-state index contributed by atoms with van der Waals surface area (Å²) in [6.07, 6.45) is 2.33.